The van der Waals surface area contributed by atoms with E-state index >= 15 is 0 Å². The van der Waals surface area contributed by atoms with Crippen molar-refractivity contribution in [3.8, 4) is 5.69 Å². The quantitative estimate of drug-likeness (QED) is 0.615. The van der Waals surface area contributed by atoms with Gasteiger partial charge in [-0.3, -0.25) is 4.79 Å². The van der Waals surface area contributed by atoms with Crippen molar-refractivity contribution in [2.45, 2.75) is 12.3 Å². The van der Waals surface area contributed by atoms with E-state index in [0.29, 0.717) is 22.0 Å². The molecule has 8 heteroatoms. The molecule has 1 amide bonds. The zero-order valence-corrected chi connectivity index (χ0v) is 16.6. The van der Waals surface area contributed by atoms with Crippen molar-refractivity contribution in [1.29, 1.82) is 0 Å². The summed E-state index contributed by atoms with van der Waals surface area (Å²) in [6, 6.07) is 13.8. The number of nitrogens with one attached hydrogen (secondary N) is 1. The number of hydrogen-bond acceptors (Lipinski definition) is 4. The molecule has 0 radical (unpaired) electrons. The van der Waals surface area contributed by atoms with Crippen LogP contribution in [0.3, 0.4) is 0 Å². The van der Waals surface area contributed by atoms with Gasteiger partial charge in [-0.25, -0.2) is 9.59 Å². The third-order valence-electron chi connectivity index (χ3n) is 5.08. The fourth-order valence-corrected chi connectivity index (χ4v) is 3.90. The first-order chi connectivity index (χ1) is 14.4. The lowest BCUT2D eigenvalue weighted by molar-refractivity contribution is -0.116. The minimum Gasteiger partial charge on any atom is -0.478 e. The standard InChI is InChI=1S/C22H17ClN2O5/c1-30-22(29)13-7-5-12(6-8-13)16-10-18(26)24-19-17(21(27)28)11-25(20(16)19)15-4-2-3-14(23)9-15/h2-9,11,16H,10H2,1H3,(H,24,26)(H,27,28)/t16-/m1/s1. The van der Waals surface area contributed by atoms with Gasteiger partial charge in [-0.1, -0.05) is 29.8 Å². The maximum atomic E-state index is 12.4. The van der Waals surface area contributed by atoms with Gasteiger partial charge in [0, 0.05) is 29.2 Å². The number of rotatable bonds is 4. The summed E-state index contributed by atoms with van der Waals surface area (Å²) < 4.78 is 6.47. The smallest absolute Gasteiger partial charge is 0.339 e. The Morgan fingerprint density at radius 3 is 2.57 bits per heavy atom. The Morgan fingerprint density at radius 1 is 1.20 bits per heavy atom. The maximum Gasteiger partial charge on any atom is 0.339 e. The Morgan fingerprint density at radius 2 is 1.93 bits per heavy atom. The topological polar surface area (TPSA) is 97.6 Å². The van der Waals surface area contributed by atoms with Gasteiger partial charge < -0.3 is 19.7 Å². The minimum absolute atomic E-state index is 0.00536. The lowest BCUT2D eigenvalue weighted by Gasteiger charge is -2.26. The molecule has 0 fully saturated rings. The average molecular weight is 425 g/mol. The van der Waals surface area contributed by atoms with Gasteiger partial charge >= 0.3 is 11.9 Å². The van der Waals surface area contributed by atoms with Crippen LogP contribution in [0.4, 0.5) is 5.69 Å². The van der Waals surface area contributed by atoms with Crippen LogP contribution in [0.1, 0.15) is 44.3 Å². The molecule has 0 unspecified atom stereocenters. The molecule has 4 rings (SSSR count). The number of carboxylic acid groups (broad SMARTS) is 1. The molecule has 2 heterocycles. The summed E-state index contributed by atoms with van der Waals surface area (Å²) in [4.78, 5) is 36.0. The van der Waals surface area contributed by atoms with E-state index in [9.17, 15) is 19.5 Å². The monoisotopic (exact) mass is 424 g/mol. The molecule has 1 atom stereocenters. The number of anilines is 1. The lowest BCUT2D eigenvalue weighted by Crippen LogP contribution is -2.25. The Bertz CT molecular complexity index is 1170. The van der Waals surface area contributed by atoms with E-state index in [1.165, 1.54) is 13.3 Å². The van der Waals surface area contributed by atoms with Crippen molar-refractivity contribution in [3.05, 3.63) is 82.1 Å². The summed E-state index contributed by atoms with van der Waals surface area (Å²) >= 11 is 6.14. The van der Waals surface area contributed by atoms with Crippen LogP contribution < -0.4 is 5.32 Å². The summed E-state index contributed by atoms with van der Waals surface area (Å²) in [7, 11) is 1.30. The van der Waals surface area contributed by atoms with Crippen molar-refractivity contribution < 1.29 is 24.2 Å². The molecule has 0 bridgehead atoms. The molecule has 152 valence electrons. The molecular weight excluding hydrogens is 408 g/mol. The number of aromatic nitrogens is 1. The Labute approximate surface area is 176 Å². The molecule has 0 saturated heterocycles. The number of amides is 1. The number of aromatic carboxylic acids is 1. The molecular formula is C22H17ClN2O5. The van der Waals surface area contributed by atoms with Gasteiger partial charge in [0.2, 0.25) is 5.91 Å². The molecule has 2 aromatic carbocycles. The first-order valence-corrected chi connectivity index (χ1v) is 9.49. The molecule has 0 saturated carbocycles. The lowest BCUT2D eigenvalue weighted by atomic mass is 9.87. The number of nitrogens with zero attached hydrogens (tertiary/aromatic N) is 1. The molecule has 0 aliphatic carbocycles. The van der Waals surface area contributed by atoms with Crippen LogP contribution in [0.25, 0.3) is 5.69 Å². The van der Waals surface area contributed by atoms with E-state index < -0.39 is 17.9 Å². The predicted octanol–water partition coefficient (Wildman–Crippen LogP) is 4.09. The summed E-state index contributed by atoms with van der Waals surface area (Å²) in [6.07, 6.45) is 1.62. The van der Waals surface area contributed by atoms with Crippen molar-refractivity contribution in [3.63, 3.8) is 0 Å². The van der Waals surface area contributed by atoms with Gasteiger partial charge in [-0.15, -0.1) is 0 Å². The number of esters is 1. The largest absolute Gasteiger partial charge is 0.478 e. The van der Waals surface area contributed by atoms with Gasteiger partial charge in [0.1, 0.15) is 5.56 Å². The van der Waals surface area contributed by atoms with Crippen LogP contribution in [0.5, 0.6) is 0 Å². The molecule has 3 aromatic rings. The van der Waals surface area contributed by atoms with Crippen LogP contribution in [-0.2, 0) is 9.53 Å². The Kier molecular flexibility index (Phi) is 5.05. The number of benzene rings is 2. The second-order valence-electron chi connectivity index (χ2n) is 6.88. The summed E-state index contributed by atoms with van der Waals surface area (Å²) in [5.74, 6) is -2.29. The van der Waals surface area contributed by atoms with Crippen LogP contribution in [0.2, 0.25) is 5.02 Å². The second-order valence-corrected chi connectivity index (χ2v) is 7.31. The second kappa shape index (κ2) is 7.68. The third kappa shape index (κ3) is 3.44. The fourth-order valence-electron chi connectivity index (χ4n) is 3.71. The summed E-state index contributed by atoms with van der Waals surface area (Å²) in [5.41, 5.74) is 2.74. The molecule has 30 heavy (non-hydrogen) atoms. The van der Waals surface area contributed by atoms with Gasteiger partial charge in [0.05, 0.1) is 24.1 Å². The zero-order valence-electron chi connectivity index (χ0n) is 15.9. The van der Waals surface area contributed by atoms with Crippen LogP contribution in [0.15, 0.2) is 54.7 Å². The zero-order chi connectivity index (χ0) is 21.4. The molecule has 1 aliphatic heterocycles. The van der Waals surface area contributed by atoms with E-state index in [1.54, 1.807) is 47.0 Å². The number of carbonyl (C=O) groups is 3. The predicted molar refractivity (Wildman–Crippen MR) is 111 cm³/mol. The van der Waals surface area contributed by atoms with Crippen LogP contribution in [0, 0.1) is 0 Å². The van der Waals surface area contributed by atoms with Crippen molar-refractivity contribution in [1.82, 2.24) is 4.57 Å². The average Bonchev–Trinajstić information content (AvgIpc) is 3.12. The number of carbonyl (C=O) groups excluding carboxylic acids is 2. The third-order valence-corrected chi connectivity index (χ3v) is 5.31. The summed E-state index contributed by atoms with van der Waals surface area (Å²) in [6.45, 7) is 0. The molecule has 1 aromatic heterocycles. The van der Waals surface area contributed by atoms with E-state index in [2.05, 4.69) is 5.32 Å². The van der Waals surface area contributed by atoms with Gasteiger partial charge in [-0.2, -0.15) is 0 Å². The first kappa shape index (κ1) is 19.7. The first-order valence-electron chi connectivity index (χ1n) is 9.11. The van der Waals surface area contributed by atoms with E-state index in [4.69, 9.17) is 16.3 Å². The van der Waals surface area contributed by atoms with Crippen LogP contribution in [-0.4, -0.2) is 34.6 Å². The van der Waals surface area contributed by atoms with Crippen molar-refractivity contribution >= 4 is 35.1 Å². The molecule has 0 spiro atoms. The minimum atomic E-state index is -1.14. The Hall–Kier alpha value is -3.58. The number of carboxylic acids is 1. The van der Waals surface area contributed by atoms with Crippen LogP contribution >= 0.6 is 11.6 Å². The van der Waals surface area contributed by atoms with Gasteiger partial charge in [-0.05, 0) is 35.9 Å². The molecule has 7 nitrogen and oxygen atoms in total. The number of ether oxygens (including phenoxy) is 1. The summed E-state index contributed by atoms with van der Waals surface area (Å²) in [5, 5.41) is 12.9. The normalized spacial score (nSPS) is 15.3. The highest BCUT2D eigenvalue weighted by Gasteiger charge is 2.34. The van der Waals surface area contributed by atoms with Gasteiger partial charge in [0.25, 0.3) is 0 Å². The maximum absolute atomic E-state index is 12.4. The highest BCUT2D eigenvalue weighted by atomic mass is 35.5. The number of halogens is 1. The SMILES string of the molecule is COC(=O)c1ccc([C@H]2CC(=O)Nc3c(C(=O)O)cn(-c4cccc(Cl)c4)c32)cc1. The molecule has 2 N–H and O–H groups in total. The number of fused-ring (bicyclic) bond motifs is 1. The number of methoxy groups -OCH3 is 1. The van der Waals surface area contributed by atoms with E-state index in [-0.39, 0.29) is 23.6 Å². The highest BCUT2D eigenvalue weighted by molar-refractivity contribution is 6.30. The molecule has 1 aliphatic rings. The fraction of sp³-hybridized carbons (Fsp3) is 0.136. The van der Waals surface area contributed by atoms with Crippen molar-refractivity contribution in [2.24, 2.45) is 0 Å². The van der Waals surface area contributed by atoms with Crippen molar-refractivity contribution in [2.75, 3.05) is 12.4 Å². The number of hydrogen-bond donors (Lipinski definition) is 2. The highest BCUT2D eigenvalue weighted by Crippen LogP contribution is 2.41. The van der Waals surface area contributed by atoms with E-state index in [0.717, 1.165) is 5.56 Å². The van der Waals surface area contributed by atoms with Gasteiger partial charge in [0.15, 0.2) is 0 Å². The Balaban J connectivity index is 1.89. The van der Waals surface area contributed by atoms with E-state index in [1.807, 2.05) is 6.07 Å².